The standard InChI is InChI=1S/C35H38ClN3O8/c1-45-21-25-30(22-9-4-2-5-10-22)46-34(44)28-26-16-17-35(47-26)29(28)32(42)39(19-8-20-40)31(35)33(43)38(24-14-12-23(36)13-15-24)18-7-3-6-11-27(41)37-25/h2-5,7,9-10,12-17,25-26,28-31,40H,6,8,11,18-21H2,1H3,(H,37,41)/b7-3-/t25-,26+,28-,29-,30-,31+,35-/m0/s1. The van der Waals surface area contributed by atoms with Crippen LogP contribution in [0.1, 0.15) is 30.9 Å². The van der Waals surface area contributed by atoms with Crippen molar-refractivity contribution in [1.82, 2.24) is 10.2 Å². The molecular formula is C35H38ClN3O8. The summed E-state index contributed by atoms with van der Waals surface area (Å²) < 4.78 is 18.2. The first-order valence-electron chi connectivity index (χ1n) is 15.8. The number of benzene rings is 2. The van der Waals surface area contributed by atoms with E-state index in [-0.39, 0.29) is 45.1 Å². The SMILES string of the molecule is COC[C@@H]1NC(=O)CC/C=C\CN(c2ccc(Cl)cc2)C(=O)[C@H]2N(CCCO)C(=O)[C@@H]3[C@@H](C(=O)O[C@H]1c1ccccc1)[C@H]1C=C[C@]32O1. The number of aliphatic hydroxyl groups is 1. The number of cyclic esters (lactones) is 1. The Hall–Kier alpha value is -4.03. The quantitative estimate of drug-likeness (QED) is 0.341. The van der Waals surface area contributed by atoms with Gasteiger partial charge in [0.25, 0.3) is 5.91 Å². The maximum atomic E-state index is 14.7. The van der Waals surface area contributed by atoms with Crippen molar-refractivity contribution < 1.29 is 38.5 Å². The molecule has 2 saturated heterocycles. The Morgan fingerprint density at radius 3 is 2.53 bits per heavy atom. The fourth-order valence-electron chi connectivity index (χ4n) is 7.19. The number of halogens is 1. The number of nitrogens with zero attached hydrogens (tertiary/aromatic N) is 2. The zero-order chi connectivity index (χ0) is 33.1. The predicted octanol–water partition coefficient (Wildman–Crippen LogP) is 2.97. The van der Waals surface area contributed by atoms with Crippen LogP contribution in [0.3, 0.4) is 0 Å². The second-order valence-electron chi connectivity index (χ2n) is 12.1. The Bertz CT molecular complexity index is 1550. The molecule has 0 radical (unpaired) electrons. The van der Waals surface area contributed by atoms with E-state index in [1.165, 1.54) is 12.0 Å². The van der Waals surface area contributed by atoms with E-state index >= 15 is 0 Å². The third kappa shape index (κ3) is 6.20. The summed E-state index contributed by atoms with van der Waals surface area (Å²) in [6.07, 6.45) is 6.12. The molecule has 0 aliphatic carbocycles. The number of carbonyl (C=O) groups excluding carboxylic acids is 4. The number of hydrogen-bond donors (Lipinski definition) is 2. The molecule has 12 heteroatoms. The van der Waals surface area contributed by atoms with Crippen molar-refractivity contribution >= 4 is 41.0 Å². The highest BCUT2D eigenvalue weighted by molar-refractivity contribution is 6.30. The van der Waals surface area contributed by atoms with Gasteiger partial charge >= 0.3 is 5.97 Å². The number of nitrogens with one attached hydrogen (secondary N) is 1. The van der Waals surface area contributed by atoms with E-state index in [1.807, 2.05) is 24.3 Å². The molecule has 248 valence electrons. The molecule has 7 atom stereocenters. The zero-order valence-electron chi connectivity index (χ0n) is 26.0. The summed E-state index contributed by atoms with van der Waals surface area (Å²) in [6.45, 7) is 0.101. The van der Waals surface area contributed by atoms with E-state index in [1.54, 1.807) is 59.5 Å². The number of allylic oxidation sites excluding steroid dienone is 1. The summed E-state index contributed by atoms with van der Waals surface area (Å²) in [5.74, 6) is -3.86. The number of fused-ring (bicyclic) bond motifs is 2. The molecule has 11 nitrogen and oxygen atoms in total. The molecule has 0 saturated carbocycles. The molecule has 4 aliphatic rings. The summed E-state index contributed by atoms with van der Waals surface area (Å²) in [5, 5.41) is 13.2. The van der Waals surface area contributed by atoms with Gasteiger partial charge in [0.1, 0.15) is 23.7 Å². The molecule has 4 aliphatic heterocycles. The molecule has 0 unspecified atom stereocenters. The topological polar surface area (TPSA) is 135 Å². The maximum absolute atomic E-state index is 14.7. The van der Waals surface area contributed by atoms with Crippen LogP contribution in [-0.2, 0) is 33.4 Å². The monoisotopic (exact) mass is 663 g/mol. The molecule has 5 bridgehead atoms. The van der Waals surface area contributed by atoms with E-state index < -0.39 is 59.5 Å². The highest BCUT2D eigenvalue weighted by Crippen LogP contribution is 2.56. The number of aliphatic hydroxyl groups excluding tert-OH is 1. The number of anilines is 1. The fraction of sp³-hybridized carbons (Fsp3) is 0.429. The van der Waals surface area contributed by atoms with Gasteiger partial charge < -0.3 is 34.4 Å². The second-order valence-corrected chi connectivity index (χ2v) is 12.6. The molecule has 4 heterocycles. The van der Waals surface area contributed by atoms with Crippen LogP contribution in [0.15, 0.2) is 78.9 Å². The summed E-state index contributed by atoms with van der Waals surface area (Å²) in [5.41, 5.74) is -0.234. The van der Waals surface area contributed by atoms with Crippen LogP contribution >= 0.6 is 11.6 Å². The van der Waals surface area contributed by atoms with Gasteiger partial charge in [0.05, 0.1) is 24.7 Å². The summed E-state index contributed by atoms with van der Waals surface area (Å²) in [4.78, 5) is 59.4. The van der Waals surface area contributed by atoms with Gasteiger partial charge in [-0.3, -0.25) is 19.2 Å². The van der Waals surface area contributed by atoms with Crippen molar-refractivity contribution in [1.29, 1.82) is 0 Å². The molecular weight excluding hydrogens is 626 g/mol. The molecule has 2 aromatic rings. The number of amides is 3. The van der Waals surface area contributed by atoms with Gasteiger partial charge in [0.2, 0.25) is 11.8 Å². The average molecular weight is 664 g/mol. The van der Waals surface area contributed by atoms with E-state index in [2.05, 4.69) is 5.32 Å². The van der Waals surface area contributed by atoms with Crippen LogP contribution in [0.4, 0.5) is 5.69 Å². The Morgan fingerprint density at radius 1 is 1.04 bits per heavy atom. The first-order chi connectivity index (χ1) is 22.8. The smallest absolute Gasteiger partial charge is 0.313 e. The number of likely N-dealkylation sites (tertiary alicyclic amines) is 1. The van der Waals surface area contributed by atoms with Crippen LogP contribution in [-0.4, -0.2) is 90.9 Å². The Balaban J connectivity index is 1.44. The van der Waals surface area contributed by atoms with Gasteiger partial charge in [-0.25, -0.2) is 0 Å². The number of carbonyl (C=O) groups is 4. The number of rotatable bonds is 7. The van der Waals surface area contributed by atoms with Gasteiger partial charge in [0.15, 0.2) is 0 Å². The largest absolute Gasteiger partial charge is 0.455 e. The molecule has 0 aromatic heterocycles. The number of hydrogen-bond acceptors (Lipinski definition) is 8. The van der Waals surface area contributed by atoms with Gasteiger partial charge in [-0.15, -0.1) is 0 Å². The molecule has 1 spiro atoms. The third-order valence-corrected chi connectivity index (χ3v) is 9.52. The Kier molecular flexibility index (Phi) is 9.79. The minimum Gasteiger partial charge on any atom is -0.455 e. The van der Waals surface area contributed by atoms with Crippen molar-refractivity contribution in [3.63, 3.8) is 0 Å². The average Bonchev–Trinajstić information content (AvgIpc) is 3.71. The lowest BCUT2D eigenvalue weighted by molar-refractivity contribution is -0.162. The van der Waals surface area contributed by atoms with E-state index in [9.17, 15) is 24.3 Å². The molecule has 2 fully saturated rings. The lowest BCUT2D eigenvalue weighted by Crippen LogP contribution is -2.56. The molecule has 47 heavy (non-hydrogen) atoms. The van der Waals surface area contributed by atoms with Crippen LogP contribution in [0.2, 0.25) is 5.02 Å². The van der Waals surface area contributed by atoms with Crippen molar-refractivity contribution in [3.05, 3.63) is 89.5 Å². The van der Waals surface area contributed by atoms with Gasteiger partial charge in [-0.2, -0.15) is 0 Å². The van der Waals surface area contributed by atoms with E-state index in [0.29, 0.717) is 22.7 Å². The second kappa shape index (κ2) is 14.0. The third-order valence-electron chi connectivity index (χ3n) is 9.26. The highest BCUT2D eigenvalue weighted by atomic mass is 35.5. The maximum Gasteiger partial charge on any atom is 0.313 e. The predicted molar refractivity (Wildman–Crippen MR) is 172 cm³/mol. The fourth-order valence-corrected chi connectivity index (χ4v) is 7.32. The Labute approximate surface area is 278 Å². The zero-order valence-corrected chi connectivity index (χ0v) is 26.8. The molecule has 6 rings (SSSR count). The number of ether oxygens (including phenoxy) is 3. The van der Waals surface area contributed by atoms with Gasteiger partial charge in [-0.1, -0.05) is 66.2 Å². The number of esters is 1. The molecule has 2 aromatic carbocycles. The summed E-state index contributed by atoms with van der Waals surface area (Å²) in [7, 11) is 1.50. The van der Waals surface area contributed by atoms with Crippen molar-refractivity contribution in [2.75, 3.05) is 38.3 Å². The van der Waals surface area contributed by atoms with Crippen molar-refractivity contribution in [2.24, 2.45) is 11.8 Å². The van der Waals surface area contributed by atoms with Crippen molar-refractivity contribution in [3.8, 4) is 0 Å². The van der Waals surface area contributed by atoms with Crippen LogP contribution in [0.5, 0.6) is 0 Å². The molecule has 3 amide bonds. The highest BCUT2D eigenvalue weighted by Gasteiger charge is 2.73. The molecule has 2 N–H and O–H groups in total. The first-order valence-corrected chi connectivity index (χ1v) is 16.2. The normalized spacial score (nSPS) is 31.6. The summed E-state index contributed by atoms with van der Waals surface area (Å²) in [6, 6.07) is 14.0. The van der Waals surface area contributed by atoms with Crippen molar-refractivity contribution in [2.45, 2.75) is 49.2 Å². The van der Waals surface area contributed by atoms with Gasteiger partial charge in [0, 0.05) is 43.9 Å². The van der Waals surface area contributed by atoms with Crippen LogP contribution < -0.4 is 10.2 Å². The van der Waals surface area contributed by atoms with E-state index in [0.717, 1.165) is 0 Å². The minimum atomic E-state index is -1.43. The first kappa shape index (κ1) is 32.9. The minimum absolute atomic E-state index is 0.0623. The van der Waals surface area contributed by atoms with Crippen LogP contribution in [0, 0.1) is 11.8 Å². The van der Waals surface area contributed by atoms with Gasteiger partial charge in [-0.05, 0) is 42.7 Å². The summed E-state index contributed by atoms with van der Waals surface area (Å²) >= 11 is 6.17. The Morgan fingerprint density at radius 2 is 1.81 bits per heavy atom. The lowest BCUT2D eigenvalue weighted by atomic mass is 9.74. The lowest BCUT2D eigenvalue weighted by Gasteiger charge is -2.36. The number of methoxy groups -OCH3 is 1. The van der Waals surface area contributed by atoms with E-state index in [4.69, 9.17) is 25.8 Å². The van der Waals surface area contributed by atoms with Crippen LogP contribution in [0.25, 0.3) is 0 Å².